The Morgan fingerprint density at radius 1 is 0.917 bits per heavy atom. The first-order chi connectivity index (χ1) is 11.6. The largest absolute Gasteiger partial charge is 0.491 e. The maximum atomic E-state index is 6.06. The summed E-state index contributed by atoms with van der Waals surface area (Å²) < 4.78 is 11.9. The zero-order valence-corrected chi connectivity index (χ0v) is 15.2. The first-order valence-electron chi connectivity index (χ1n) is 8.84. The van der Waals surface area contributed by atoms with Gasteiger partial charge in [0, 0.05) is 11.8 Å². The smallest absolute Gasteiger partial charge is 0.121 e. The zero-order chi connectivity index (χ0) is 17.4. The van der Waals surface area contributed by atoms with Crippen LogP contribution >= 0.6 is 0 Å². The Bertz CT molecular complexity index is 609. The first kappa shape index (κ1) is 18.2. The number of aryl methyl sites for hydroxylation is 1. The van der Waals surface area contributed by atoms with E-state index in [1.165, 1.54) is 5.56 Å². The van der Waals surface area contributed by atoms with Crippen LogP contribution in [0.2, 0.25) is 0 Å². The summed E-state index contributed by atoms with van der Waals surface area (Å²) in [5.74, 6) is 1.82. The monoisotopic (exact) mass is 327 g/mol. The van der Waals surface area contributed by atoms with E-state index in [0.717, 1.165) is 36.6 Å². The van der Waals surface area contributed by atoms with E-state index in [1.807, 2.05) is 30.3 Å². The Hall–Kier alpha value is -2.16. The zero-order valence-electron chi connectivity index (χ0n) is 15.2. The summed E-state index contributed by atoms with van der Waals surface area (Å²) in [6, 6.07) is 16.3. The molecule has 3 heteroatoms. The highest BCUT2D eigenvalue weighted by molar-refractivity contribution is 5.48. The van der Waals surface area contributed by atoms with Gasteiger partial charge in [-0.15, -0.1) is 0 Å². The Morgan fingerprint density at radius 3 is 2.33 bits per heavy atom. The normalized spacial score (nSPS) is 13.2. The lowest BCUT2D eigenvalue weighted by atomic mass is 10.2. The van der Waals surface area contributed by atoms with Crippen molar-refractivity contribution < 1.29 is 9.47 Å². The number of rotatable bonds is 9. The third-order valence-corrected chi connectivity index (χ3v) is 4.06. The van der Waals surface area contributed by atoms with Crippen LogP contribution in [0.3, 0.4) is 0 Å². The van der Waals surface area contributed by atoms with Crippen molar-refractivity contribution in [2.24, 2.45) is 0 Å². The van der Waals surface area contributed by atoms with Crippen molar-refractivity contribution in [2.45, 2.75) is 52.7 Å². The Labute approximate surface area is 146 Å². The van der Waals surface area contributed by atoms with Gasteiger partial charge in [0.05, 0.1) is 12.6 Å². The molecule has 2 aromatic rings. The maximum absolute atomic E-state index is 6.06. The third-order valence-electron chi connectivity index (χ3n) is 4.06. The topological polar surface area (TPSA) is 30.5 Å². The van der Waals surface area contributed by atoms with Crippen LogP contribution in [0.1, 0.15) is 39.2 Å². The molecule has 0 aliphatic rings. The fourth-order valence-corrected chi connectivity index (χ4v) is 2.31. The molecule has 0 saturated carbocycles. The summed E-state index contributed by atoms with van der Waals surface area (Å²) >= 11 is 0. The van der Waals surface area contributed by atoms with Gasteiger partial charge in [0.1, 0.15) is 17.6 Å². The molecular weight excluding hydrogens is 298 g/mol. The fraction of sp³-hybridized carbons (Fsp3) is 0.429. The molecule has 2 unspecified atom stereocenters. The number of benzene rings is 2. The van der Waals surface area contributed by atoms with Crippen molar-refractivity contribution >= 4 is 5.69 Å². The molecule has 0 aromatic heterocycles. The third kappa shape index (κ3) is 5.80. The van der Waals surface area contributed by atoms with E-state index in [2.05, 4.69) is 51.2 Å². The summed E-state index contributed by atoms with van der Waals surface area (Å²) in [6.07, 6.45) is 2.31. The molecule has 2 rings (SSSR count). The molecule has 24 heavy (non-hydrogen) atoms. The minimum atomic E-state index is 0.131. The second-order valence-corrected chi connectivity index (χ2v) is 6.21. The molecule has 0 aliphatic heterocycles. The SMILES string of the molecule is CCC(C)Oc1cccc(NCC(CC)Oc2ccc(C)cc2)c1. The predicted molar refractivity (Wildman–Crippen MR) is 101 cm³/mol. The molecule has 0 bridgehead atoms. The molecule has 0 spiro atoms. The van der Waals surface area contributed by atoms with E-state index < -0.39 is 0 Å². The Morgan fingerprint density at radius 2 is 1.67 bits per heavy atom. The molecule has 2 aromatic carbocycles. The van der Waals surface area contributed by atoms with E-state index in [9.17, 15) is 0 Å². The lowest BCUT2D eigenvalue weighted by Crippen LogP contribution is -2.25. The van der Waals surface area contributed by atoms with E-state index in [1.54, 1.807) is 0 Å². The van der Waals surface area contributed by atoms with E-state index in [0.29, 0.717) is 0 Å². The molecule has 0 fully saturated rings. The average Bonchev–Trinajstić information content (AvgIpc) is 2.60. The molecule has 1 N–H and O–H groups in total. The van der Waals surface area contributed by atoms with Crippen molar-refractivity contribution in [2.75, 3.05) is 11.9 Å². The molecule has 0 radical (unpaired) electrons. The predicted octanol–water partition coefficient (Wildman–Crippen LogP) is 5.44. The fourth-order valence-electron chi connectivity index (χ4n) is 2.31. The van der Waals surface area contributed by atoms with Gasteiger partial charge in [0.15, 0.2) is 0 Å². The molecule has 0 amide bonds. The van der Waals surface area contributed by atoms with Gasteiger partial charge >= 0.3 is 0 Å². The van der Waals surface area contributed by atoms with E-state index >= 15 is 0 Å². The number of nitrogens with one attached hydrogen (secondary N) is 1. The maximum Gasteiger partial charge on any atom is 0.121 e. The van der Waals surface area contributed by atoms with Crippen molar-refractivity contribution in [1.82, 2.24) is 0 Å². The molecule has 2 atom stereocenters. The highest BCUT2D eigenvalue weighted by atomic mass is 16.5. The van der Waals surface area contributed by atoms with Crippen LogP contribution in [-0.4, -0.2) is 18.8 Å². The first-order valence-corrected chi connectivity index (χ1v) is 8.84. The van der Waals surface area contributed by atoms with Gasteiger partial charge in [0.25, 0.3) is 0 Å². The highest BCUT2D eigenvalue weighted by Gasteiger charge is 2.09. The van der Waals surface area contributed by atoms with Gasteiger partial charge in [-0.3, -0.25) is 0 Å². The molecule has 0 saturated heterocycles. The van der Waals surface area contributed by atoms with Crippen LogP contribution in [0, 0.1) is 6.92 Å². The second kappa shape index (κ2) is 9.21. The van der Waals surface area contributed by atoms with Gasteiger partial charge in [-0.25, -0.2) is 0 Å². The quantitative estimate of drug-likeness (QED) is 0.665. The van der Waals surface area contributed by atoms with Gasteiger partial charge in [-0.2, -0.15) is 0 Å². The Balaban J connectivity index is 1.90. The number of ether oxygens (including phenoxy) is 2. The van der Waals surface area contributed by atoms with Crippen LogP contribution in [0.5, 0.6) is 11.5 Å². The average molecular weight is 327 g/mol. The van der Waals surface area contributed by atoms with Crippen molar-refractivity contribution in [3.8, 4) is 11.5 Å². The van der Waals surface area contributed by atoms with Gasteiger partial charge in [-0.05, 0) is 51.0 Å². The number of anilines is 1. The summed E-state index contributed by atoms with van der Waals surface area (Å²) in [6.45, 7) is 9.20. The number of hydrogen-bond donors (Lipinski definition) is 1. The molecule has 0 heterocycles. The van der Waals surface area contributed by atoms with Crippen LogP contribution in [0.15, 0.2) is 48.5 Å². The van der Waals surface area contributed by atoms with Gasteiger partial charge in [-0.1, -0.05) is 37.6 Å². The van der Waals surface area contributed by atoms with E-state index in [4.69, 9.17) is 9.47 Å². The molecular formula is C21H29NO2. The number of hydrogen-bond acceptors (Lipinski definition) is 3. The second-order valence-electron chi connectivity index (χ2n) is 6.21. The minimum Gasteiger partial charge on any atom is -0.491 e. The minimum absolute atomic E-state index is 0.131. The summed E-state index contributed by atoms with van der Waals surface area (Å²) in [5.41, 5.74) is 2.30. The summed E-state index contributed by atoms with van der Waals surface area (Å²) in [7, 11) is 0. The van der Waals surface area contributed by atoms with Crippen LogP contribution in [0.25, 0.3) is 0 Å². The van der Waals surface area contributed by atoms with Gasteiger partial charge in [0.2, 0.25) is 0 Å². The van der Waals surface area contributed by atoms with Crippen LogP contribution in [0.4, 0.5) is 5.69 Å². The summed E-state index contributed by atoms with van der Waals surface area (Å²) in [5, 5.41) is 3.45. The molecule has 3 nitrogen and oxygen atoms in total. The van der Waals surface area contributed by atoms with Crippen LogP contribution < -0.4 is 14.8 Å². The van der Waals surface area contributed by atoms with E-state index in [-0.39, 0.29) is 12.2 Å². The van der Waals surface area contributed by atoms with Crippen molar-refractivity contribution in [3.63, 3.8) is 0 Å². The lowest BCUT2D eigenvalue weighted by molar-refractivity contribution is 0.209. The standard InChI is InChI=1S/C21H29NO2/c1-5-17(4)23-21-9-7-8-18(14-21)22-15-19(6-2)24-20-12-10-16(3)11-13-20/h7-14,17,19,22H,5-6,15H2,1-4H3. The Kier molecular flexibility index (Phi) is 6.98. The van der Waals surface area contributed by atoms with Crippen molar-refractivity contribution in [1.29, 1.82) is 0 Å². The highest BCUT2D eigenvalue weighted by Crippen LogP contribution is 2.20. The molecule has 130 valence electrons. The lowest BCUT2D eigenvalue weighted by Gasteiger charge is -2.19. The van der Waals surface area contributed by atoms with Crippen molar-refractivity contribution in [3.05, 3.63) is 54.1 Å². The summed E-state index contributed by atoms with van der Waals surface area (Å²) in [4.78, 5) is 0. The van der Waals surface area contributed by atoms with Crippen LogP contribution in [-0.2, 0) is 0 Å². The van der Waals surface area contributed by atoms with Gasteiger partial charge < -0.3 is 14.8 Å². The molecule has 0 aliphatic carbocycles.